The van der Waals surface area contributed by atoms with Crippen LogP contribution >= 0.6 is 11.8 Å². The van der Waals surface area contributed by atoms with Crippen molar-refractivity contribution in [3.8, 4) is 0 Å². The van der Waals surface area contributed by atoms with E-state index in [1.165, 1.54) is 0 Å². The SMILES string of the molecule is CC(C)n1c(N)nnc1SCCOCCN. The number of aromatic nitrogens is 3. The lowest BCUT2D eigenvalue weighted by molar-refractivity contribution is 0.158. The van der Waals surface area contributed by atoms with E-state index in [0.29, 0.717) is 25.7 Å². The Morgan fingerprint density at radius 1 is 1.38 bits per heavy atom. The minimum Gasteiger partial charge on any atom is -0.379 e. The molecule has 1 aromatic rings. The molecule has 0 aromatic carbocycles. The van der Waals surface area contributed by atoms with E-state index in [-0.39, 0.29) is 6.04 Å². The summed E-state index contributed by atoms with van der Waals surface area (Å²) in [6, 6.07) is 0.266. The molecule has 16 heavy (non-hydrogen) atoms. The third-order valence-electron chi connectivity index (χ3n) is 1.93. The van der Waals surface area contributed by atoms with Gasteiger partial charge in [0.2, 0.25) is 5.95 Å². The van der Waals surface area contributed by atoms with Crippen molar-refractivity contribution in [2.45, 2.75) is 25.0 Å². The fourth-order valence-corrected chi connectivity index (χ4v) is 2.18. The average molecular weight is 245 g/mol. The molecule has 0 aliphatic heterocycles. The maximum absolute atomic E-state index is 5.72. The van der Waals surface area contributed by atoms with Crippen LogP contribution in [0.1, 0.15) is 19.9 Å². The van der Waals surface area contributed by atoms with Gasteiger partial charge < -0.3 is 16.2 Å². The van der Waals surface area contributed by atoms with Gasteiger partial charge in [0.05, 0.1) is 13.2 Å². The van der Waals surface area contributed by atoms with Crippen molar-refractivity contribution in [2.75, 3.05) is 31.2 Å². The van der Waals surface area contributed by atoms with Gasteiger partial charge in [-0.2, -0.15) is 0 Å². The Morgan fingerprint density at radius 2 is 2.12 bits per heavy atom. The van der Waals surface area contributed by atoms with E-state index in [1.807, 2.05) is 4.57 Å². The summed E-state index contributed by atoms with van der Waals surface area (Å²) in [4.78, 5) is 0. The van der Waals surface area contributed by atoms with Crippen molar-refractivity contribution in [1.82, 2.24) is 14.8 Å². The molecule has 0 fully saturated rings. The first-order valence-corrected chi connectivity index (χ1v) is 6.26. The molecule has 0 aliphatic carbocycles. The lowest BCUT2D eigenvalue weighted by atomic mass is 10.4. The zero-order valence-corrected chi connectivity index (χ0v) is 10.5. The summed E-state index contributed by atoms with van der Waals surface area (Å²) in [6.45, 7) is 5.91. The highest BCUT2D eigenvalue weighted by Gasteiger charge is 2.12. The van der Waals surface area contributed by atoms with Crippen LogP contribution in [0.2, 0.25) is 0 Å². The molecule has 0 unspecified atom stereocenters. The van der Waals surface area contributed by atoms with Crippen LogP contribution in [0.25, 0.3) is 0 Å². The molecule has 92 valence electrons. The molecule has 0 aliphatic rings. The molecule has 7 heteroatoms. The fraction of sp³-hybridized carbons (Fsp3) is 0.778. The number of hydrogen-bond acceptors (Lipinski definition) is 6. The summed E-state index contributed by atoms with van der Waals surface area (Å²) in [5.74, 6) is 1.28. The largest absolute Gasteiger partial charge is 0.379 e. The average Bonchev–Trinajstić information content (AvgIpc) is 2.59. The fourth-order valence-electron chi connectivity index (χ4n) is 1.25. The van der Waals surface area contributed by atoms with E-state index >= 15 is 0 Å². The predicted octanol–water partition coefficient (Wildman–Crippen LogP) is 0.509. The molecule has 1 aromatic heterocycles. The highest BCUT2D eigenvalue weighted by atomic mass is 32.2. The Balaban J connectivity index is 2.41. The van der Waals surface area contributed by atoms with Gasteiger partial charge in [-0.05, 0) is 13.8 Å². The Bertz CT molecular complexity index is 315. The second kappa shape index (κ2) is 6.72. The monoisotopic (exact) mass is 245 g/mol. The molecule has 1 rings (SSSR count). The van der Waals surface area contributed by atoms with Crippen molar-refractivity contribution in [3.63, 3.8) is 0 Å². The molecule has 6 nitrogen and oxygen atoms in total. The van der Waals surface area contributed by atoms with E-state index in [4.69, 9.17) is 16.2 Å². The third-order valence-corrected chi connectivity index (χ3v) is 2.84. The Kier molecular flexibility index (Phi) is 5.58. The molecular weight excluding hydrogens is 226 g/mol. The number of anilines is 1. The van der Waals surface area contributed by atoms with Crippen molar-refractivity contribution in [2.24, 2.45) is 5.73 Å². The third kappa shape index (κ3) is 3.66. The number of rotatable bonds is 7. The van der Waals surface area contributed by atoms with Crippen LogP contribution in [-0.2, 0) is 4.74 Å². The van der Waals surface area contributed by atoms with Crippen LogP contribution in [-0.4, -0.2) is 40.3 Å². The zero-order chi connectivity index (χ0) is 12.0. The second-order valence-electron chi connectivity index (χ2n) is 3.55. The maximum atomic E-state index is 5.72. The first-order chi connectivity index (χ1) is 7.66. The molecule has 0 radical (unpaired) electrons. The Morgan fingerprint density at radius 3 is 2.75 bits per heavy atom. The number of nitrogens with zero attached hydrogens (tertiary/aromatic N) is 3. The number of ether oxygens (including phenoxy) is 1. The maximum Gasteiger partial charge on any atom is 0.222 e. The number of hydrogen-bond donors (Lipinski definition) is 2. The lowest BCUT2D eigenvalue weighted by Crippen LogP contribution is -2.10. The lowest BCUT2D eigenvalue weighted by Gasteiger charge is -2.11. The summed E-state index contributed by atoms with van der Waals surface area (Å²) in [6.07, 6.45) is 0. The molecule has 0 amide bonds. The summed E-state index contributed by atoms with van der Waals surface area (Å²) in [7, 11) is 0. The normalized spacial score (nSPS) is 11.2. The second-order valence-corrected chi connectivity index (χ2v) is 4.62. The first-order valence-electron chi connectivity index (χ1n) is 5.27. The van der Waals surface area contributed by atoms with E-state index < -0.39 is 0 Å². The minimum absolute atomic E-state index is 0.266. The van der Waals surface area contributed by atoms with Crippen LogP contribution in [0.15, 0.2) is 5.16 Å². The van der Waals surface area contributed by atoms with Gasteiger partial charge in [0.25, 0.3) is 0 Å². The summed E-state index contributed by atoms with van der Waals surface area (Å²) in [5.41, 5.74) is 11.0. The van der Waals surface area contributed by atoms with E-state index in [0.717, 1.165) is 10.9 Å². The predicted molar refractivity (Wildman–Crippen MR) is 65.4 cm³/mol. The highest BCUT2D eigenvalue weighted by molar-refractivity contribution is 7.99. The molecule has 1 heterocycles. The summed E-state index contributed by atoms with van der Waals surface area (Å²) < 4.78 is 7.19. The van der Waals surface area contributed by atoms with Gasteiger partial charge >= 0.3 is 0 Å². The van der Waals surface area contributed by atoms with Gasteiger partial charge in [0.15, 0.2) is 5.16 Å². The molecular formula is C9H19N5OS. The van der Waals surface area contributed by atoms with Gasteiger partial charge in [-0.1, -0.05) is 11.8 Å². The molecule has 0 bridgehead atoms. The highest BCUT2D eigenvalue weighted by Crippen LogP contribution is 2.22. The molecule has 0 saturated carbocycles. The van der Waals surface area contributed by atoms with Crippen molar-refractivity contribution >= 4 is 17.7 Å². The standard InChI is InChI=1S/C9H19N5OS/c1-7(2)14-8(11)12-13-9(14)16-6-5-15-4-3-10/h7H,3-6,10H2,1-2H3,(H2,11,12). The summed E-state index contributed by atoms with van der Waals surface area (Å²) >= 11 is 1.59. The van der Waals surface area contributed by atoms with Gasteiger partial charge in [-0.15, -0.1) is 10.2 Å². The van der Waals surface area contributed by atoms with E-state index in [2.05, 4.69) is 24.0 Å². The Labute approximate surface area is 99.7 Å². The van der Waals surface area contributed by atoms with E-state index in [9.17, 15) is 0 Å². The number of nitrogens with two attached hydrogens (primary N) is 2. The summed E-state index contributed by atoms with van der Waals surface area (Å²) in [5, 5.41) is 8.72. The van der Waals surface area contributed by atoms with Gasteiger partial charge in [-0.25, -0.2) is 0 Å². The van der Waals surface area contributed by atoms with Gasteiger partial charge in [-0.3, -0.25) is 4.57 Å². The Hall–Kier alpha value is -0.790. The van der Waals surface area contributed by atoms with Crippen LogP contribution in [0.4, 0.5) is 5.95 Å². The van der Waals surface area contributed by atoms with Gasteiger partial charge in [0.1, 0.15) is 0 Å². The molecule has 0 spiro atoms. The molecule has 0 atom stereocenters. The van der Waals surface area contributed by atoms with Crippen molar-refractivity contribution < 1.29 is 4.74 Å². The number of nitrogen functional groups attached to an aromatic ring is 1. The van der Waals surface area contributed by atoms with E-state index in [1.54, 1.807) is 11.8 Å². The van der Waals surface area contributed by atoms with Crippen molar-refractivity contribution in [1.29, 1.82) is 0 Å². The van der Waals surface area contributed by atoms with Crippen LogP contribution in [0.5, 0.6) is 0 Å². The smallest absolute Gasteiger partial charge is 0.222 e. The number of thioether (sulfide) groups is 1. The zero-order valence-electron chi connectivity index (χ0n) is 9.72. The molecule has 4 N–H and O–H groups in total. The van der Waals surface area contributed by atoms with Crippen molar-refractivity contribution in [3.05, 3.63) is 0 Å². The van der Waals surface area contributed by atoms with Crippen LogP contribution in [0.3, 0.4) is 0 Å². The van der Waals surface area contributed by atoms with Gasteiger partial charge in [0, 0.05) is 18.3 Å². The minimum atomic E-state index is 0.266. The van der Waals surface area contributed by atoms with Crippen LogP contribution in [0, 0.1) is 0 Å². The topological polar surface area (TPSA) is 92.0 Å². The first kappa shape index (κ1) is 13.3. The molecule has 0 saturated heterocycles. The van der Waals surface area contributed by atoms with Crippen LogP contribution < -0.4 is 11.5 Å². The quantitative estimate of drug-likeness (QED) is 0.537.